The Balaban J connectivity index is 2.16. The monoisotopic (exact) mass is 274 g/mol. The zero-order valence-corrected chi connectivity index (χ0v) is 11.0. The van der Waals surface area contributed by atoms with E-state index in [1.54, 1.807) is 37.4 Å². The van der Waals surface area contributed by atoms with Crippen LogP contribution in [0.4, 0.5) is 10.1 Å². The second-order valence-corrected chi connectivity index (χ2v) is 4.26. The molecule has 2 rings (SSSR count). The molecule has 2 aromatic rings. The van der Waals surface area contributed by atoms with Gasteiger partial charge in [-0.2, -0.15) is 0 Å². The fourth-order valence-electron chi connectivity index (χ4n) is 1.80. The summed E-state index contributed by atoms with van der Waals surface area (Å²) in [5.74, 6) is -0.170. The Hall–Kier alpha value is -2.56. The van der Waals surface area contributed by atoms with E-state index in [4.69, 9.17) is 10.5 Å². The van der Waals surface area contributed by atoms with Crippen molar-refractivity contribution < 1.29 is 13.9 Å². The van der Waals surface area contributed by atoms with Crippen LogP contribution in [0.1, 0.15) is 15.9 Å². The number of carbonyl (C=O) groups excluding carboxylic acids is 1. The fraction of sp³-hybridized carbons (Fsp3) is 0.133. The van der Waals surface area contributed by atoms with Gasteiger partial charge in [0.15, 0.2) is 0 Å². The normalized spacial score (nSPS) is 10.1. The maximum absolute atomic E-state index is 12.8. The highest BCUT2D eigenvalue weighted by Gasteiger charge is 2.07. The van der Waals surface area contributed by atoms with Crippen LogP contribution in [-0.2, 0) is 6.54 Å². The van der Waals surface area contributed by atoms with Gasteiger partial charge in [0.1, 0.15) is 11.6 Å². The molecule has 0 aliphatic carbocycles. The minimum absolute atomic E-state index is 0.276. The first-order valence-electron chi connectivity index (χ1n) is 6.06. The number of benzene rings is 2. The number of methoxy groups -OCH3 is 1. The summed E-state index contributed by atoms with van der Waals surface area (Å²) in [6.45, 7) is 0.485. The predicted octanol–water partition coefficient (Wildman–Crippen LogP) is 2.55. The van der Waals surface area contributed by atoms with Crippen LogP contribution in [0.25, 0.3) is 0 Å². The van der Waals surface area contributed by atoms with Crippen molar-refractivity contribution in [1.82, 2.24) is 0 Å². The molecule has 0 radical (unpaired) electrons. The van der Waals surface area contributed by atoms with Gasteiger partial charge in [0.25, 0.3) is 0 Å². The molecule has 1 amide bonds. The number of nitrogens with two attached hydrogens (primary N) is 1. The molecule has 0 aromatic heterocycles. The third-order valence-corrected chi connectivity index (χ3v) is 2.88. The van der Waals surface area contributed by atoms with Crippen molar-refractivity contribution in [2.24, 2.45) is 5.73 Å². The molecule has 2 aromatic carbocycles. The summed E-state index contributed by atoms with van der Waals surface area (Å²) in [4.78, 5) is 11.2. The number of primary amides is 1. The molecular formula is C15H15FN2O2. The Morgan fingerprint density at radius 3 is 2.55 bits per heavy atom. The van der Waals surface area contributed by atoms with Crippen molar-refractivity contribution in [2.75, 3.05) is 12.4 Å². The van der Waals surface area contributed by atoms with Crippen molar-refractivity contribution in [3.8, 4) is 5.75 Å². The van der Waals surface area contributed by atoms with Crippen molar-refractivity contribution in [3.63, 3.8) is 0 Å². The van der Waals surface area contributed by atoms with E-state index >= 15 is 0 Å². The van der Waals surface area contributed by atoms with Gasteiger partial charge >= 0.3 is 0 Å². The van der Waals surface area contributed by atoms with Crippen LogP contribution in [0, 0.1) is 5.82 Å². The van der Waals surface area contributed by atoms with Crippen molar-refractivity contribution in [2.45, 2.75) is 6.54 Å². The van der Waals surface area contributed by atoms with Gasteiger partial charge in [0.2, 0.25) is 5.91 Å². The summed E-state index contributed by atoms with van der Waals surface area (Å²) in [6.07, 6.45) is 0. The highest BCUT2D eigenvalue weighted by Crippen LogP contribution is 2.25. The first-order chi connectivity index (χ1) is 9.60. The van der Waals surface area contributed by atoms with E-state index in [2.05, 4.69) is 5.32 Å². The molecule has 4 nitrogen and oxygen atoms in total. The van der Waals surface area contributed by atoms with Gasteiger partial charge in [-0.1, -0.05) is 12.1 Å². The topological polar surface area (TPSA) is 64.3 Å². The van der Waals surface area contributed by atoms with E-state index in [1.165, 1.54) is 12.1 Å². The molecule has 0 atom stereocenters. The number of amides is 1. The number of hydrogen-bond acceptors (Lipinski definition) is 3. The molecule has 0 heterocycles. The molecule has 104 valence electrons. The highest BCUT2D eigenvalue weighted by atomic mass is 19.1. The lowest BCUT2D eigenvalue weighted by Crippen LogP contribution is -2.11. The summed E-state index contributed by atoms with van der Waals surface area (Å²) in [5, 5.41) is 3.14. The lowest BCUT2D eigenvalue weighted by Gasteiger charge is -2.12. The molecule has 0 aliphatic heterocycles. The van der Waals surface area contributed by atoms with E-state index in [0.717, 1.165) is 5.56 Å². The van der Waals surface area contributed by atoms with Gasteiger partial charge < -0.3 is 15.8 Å². The number of rotatable bonds is 5. The van der Waals surface area contributed by atoms with E-state index in [1.807, 2.05) is 0 Å². The Kier molecular flexibility index (Phi) is 4.20. The first-order valence-corrected chi connectivity index (χ1v) is 6.06. The lowest BCUT2D eigenvalue weighted by atomic mass is 10.1. The van der Waals surface area contributed by atoms with E-state index < -0.39 is 5.91 Å². The zero-order chi connectivity index (χ0) is 14.5. The van der Waals surface area contributed by atoms with E-state index in [-0.39, 0.29) is 5.82 Å². The number of anilines is 1. The minimum Gasteiger partial charge on any atom is -0.495 e. The standard InChI is InChI=1S/C15H15FN2O2/c1-20-14-7-4-11(15(17)19)8-13(14)18-9-10-2-5-12(16)6-3-10/h2-8,18H,9H2,1H3,(H2,17,19). The number of ether oxygens (including phenoxy) is 1. The van der Waals surface area contributed by atoms with Crippen LogP contribution in [0.15, 0.2) is 42.5 Å². The molecule has 0 unspecified atom stereocenters. The molecule has 0 saturated heterocycles. The summed E-state index contributed by atoms with van der Waals surface area (Å²) in [7, 11) is 1.54. The Labute approximate surface area is 116 Å². The van der Waals surface area contributed by atoms with Crippen LogP contribution in [0.5, 0.6) is 5.75 Å². The van der Waals surface area contributed by atoms with E-state index in [0.29, 0.717) is 23.5 Å². The van der Waals surface area contributed by atoms with Crippen LogP contribution in [-0.4, -0.2) is 13.0 Å². The van der Waals surface area contributed by atoms with Gasteiger partial charge in [0.05, 0.1) is 12.8 Å². The maximum Gasteiger partial charge on any atom is 0.248 e. The number of hydrogen-bond donors (Lipinski definition) is 2. The summed E-state index contributed by atoms with van der Waals surface area (Å²) in [6, 6.07) is 11.1. The summed E-state index contributed by atoms with van der Waals surface area (Å²) < 4.78 is 18.0. The minimum atomic E-state index is -0.502. The fourth-order valence-corrected chi connectivity index (χ4v) is 1.80. The first kappa shape index (κ1) is 13.9. The van der Waals surface area contributed by atoms with Crippen LogP contribution in [0.2, 0.25) is 0 Å². The summed E-state index contributed by atoms with van der Waals surface area (Å²) in [5.41, 5.74) is 7.22. The zero-order valence-electron chi connectivity index (χ0n) is 11.0. The molecule has 20 heavy (non-hydrogen) atoms. The smallest absolute Gasteiger partial charge is 0.248 e. The van der Waals surface area contributed by atoms with Gasteiger partial charge in [-0.3, -0.25) is 4.79 Å². The summed E-state index contributed by atoms with van der Waals surface area (Å²) >= 11 is 0. The molecule has 0 fully saturated rings. The SMILES string of the molecule is COc1ccc(C(N)=O)cc1NCc1ccc(F)cc1. The molecule has 3 N–H and O–H groups in total. The molecule has 0 spiro atoms. The van der Waals surface area contributed by atoms with E-state index in [9.17, 15) is 9.18 Å². The van der Waals surface area contributed by atoms with Gasteiger partial charge in [-0.25, -0.2) is 4.39 Å². The molecule has 0 saturated carbocycles. The third-order valence-electron chi connectivity index (χ3n) is 2.88. The van der Waals surface area contributed by atoms with Crippen LogP contribution < -0.4 is 15.8 Å². The number of nitrogens with one attached hydrogen (secondary N) is 1. The van der Waals surface area contributed by atoms with Gasteiger partial charge in [0, 0.05) is 12.1 Å². The maximum atomic E-state index is 12.8. The van der Waals surface area contributed by atoms with Crippen LogP contribution >= 0.6 is 0 Å². The predicted molar refractivity (Wildman–Crippen MR) is 75.2 cm³/mol. The Morgan fingerprint density at radius 2 is 1.95 bits per heavy atom. The van der Waals surface area contributed by atoms with Gasteiger partial charge in [-0.15, -0.1) is 0 Å². The number of halogens is 1. The molecule has 0 bridgehead atoms. The Bertz CT molecular complexity index is 612. The number of carbonyl (C=O) groups is 1. The third kappa shape index (κ3) is 3.26. The van der Waals surface area contributed by atoms with Crippen molar-refractivity contribution in [3.05, 3.63) is 59.4 Å². The lowest BCUT2D eigenvalue weighted by molar-refractivity contribution is 0.100. The van der Waals surface area contributed by atoms with Crippen molar-refractivity contribution >= 4 is 11.6 Å². The molecule has 0 aliphatic rings. The second-order valence-electron chi connectivity index (χ2n) is 4.26. The Morgan fingerprint density at radius 1 is 1.25 bits per heavy atom. The average molecular weight is 274 g/mol. The second kappa shape index (κ2) is 6.06. The largest absolute Gasteiger partial charge is 0.495 e. The molecular weight excluding hydrogens is 259 g/mol. The van der Waals surface area contributed by atoms with Gasteiger partial charge in [-0.05, 0) is 35.9 Å². The van der Waals surface area contributed by atoms with Crippen molar-refractivity contribution in [1.29, 1.82) is 0 Å². The highest BCUT2D eigenvalue weighted by molar-refractivity contribution is 5.94. The quantitative estimate of drug-likeness (QED) is 0.880. The average Bonchev–Trinajstić information content (AvgIpc) is 2.46. The van der Waals surface area contributed by atoms with Crippen LogP contribution in [0.3, 0.4) is 0 Å². The molecule has 5 heteroatoms.